The summed E-state index contributed by atoms with van der Waals surface area (Å²) in [7, 11) is 0. The van der Waals surface area contributed by atoms with Gasteiger partial charge in [0.1, 0.15) is 0 Å². The second-order valence-corrected chi connectivity index (χ2v) is 23.6. The van der Waals surface area contributed by atoms with Crippen LogP contribution in [0.1, 0.15) is 361 Å². The van der Waals surface area contributed by atoms with Gasteiger partial charge < -0.3 is 15.5 Å². The highest BCUT2D eigenvalue weighted by atomic mass is 16.3. The number of amides is 1. The maximum Gasteiger partial charge on any atom is 0.220 e. The Hall–Kier alpha value is -2.43. The SMILES string of the molecule is CC/C=C\C/C=C\C/C=C\C/C=C\C/C=C\C/C=C\C/C=C\CCCCCCCCCCCCCC(=O)NC(CO)C(O)CCCCCCCCCCCCCCCCCCCCCCCCCCCCCCCCCCC. The van der Waals surface area contributed by atoms with Crippen LogP contribution in [0.15, 0.2) is 85.1 Å². The summed E-state index contributed by atoms with van der Waals surface area (Å²) in [6, 6.07) is -0.545. The zero-order valence-corrected chi connectivity index (χ0v) is 52.4. The summed E-state index contributed by atoms with van der Waals surface area (Å²) in [5.41, 5.74) is 0. The predicted octanol–water partition coefficient (Wildman–Crippen LogP) is 23.8. The summed E-state index contributed by atoms with van der Waals surface area (Å²) < 4.78 is 0. The van der Waals surface area contributed by atoms with Gasteiger partial charge in [-0.3, -0.25) is 4.79 Å². The minimum atomic E-state index is -0.668. The Morgan fingerprint density at radius 2 is 0.564 bits per heavy atom. The van der Waals surface area contributed by atoms with Crippen molar-refractivity contribution >= 4 is 5.91 Å². The minimum absolute atomic E-state index is 0.0327. The molecule has 0 aliphatic heterocycles. The van der Waals surface area contributed by atoms with Crippen LogP contribution >= 0.6 is 0 Å². The summed E-state index contributed by atoms with van der Waals surface area (Å²) >= 11 is 0. The number of carbonyl (C=O) groups excluding carboxylic acids is 1. The maximum atomic E-state index is 12.6. The molecule has 3 N–H and O–H groups in total. The average Bonchev–Trinajstić information content (AvgIpc) is 3.44. The Bertz CT molecular complexity index is 1370. The van der Waals surface area contributed by atoms with Gasteiger partial charge >= 0.3 is 0 Å². The molecule has 0 aliphatic rings. The number of hydrogen-bond acceptors (Lipinski definition) is 3. The molecule has 2 atom stereocenters. The van der Waals surface area contributed by atoms with Crippen molar-refractivity contribution in [3.63, 3.8) is 0 Å². The topological polar surface area (TPSA) is 69.6 Å². The first-order valence-corrected chi connectivity index (χ1v) is 34.8. The Balaban J connectivity index is 3.46. The number of allylic oxidation sites excluding steroid dienone is 14. The molecular formula is C74H135NO3. The Kier molecular flexibility index (Phi) is 66.7. The fraction of sp³-hybridized carbons (Fsp3) is 0.797. The van der Waals surface area contributed by atoms with Gasteiger partial charge in [0.25, 0.3) is 0 Å². The van der Waals surface area contributed by atoms with Crippen molar-refractivity contribution in [2.75, 3.05) is 6.61 Å². The van der Waals surface area contributed by atoms with Crippen LogP contribution in [0.3, 0.4) is 0 Å². The van der Waals surface area contributed by atoms with Gasteiger partial charge in [0, 0.05) is 6.42 Å². The van der Waals surface area contributed by atoms with E-state index in [-0.39, 0.29) is 12.5 Å². The molecule has 0 rings (SSSR count). The first-order chi connectivity index (χ1) is 38.7. The highest BCUT2D eigenvalue weighted by molar-refractivity contribution is 5.76. The molecule has 0 spiro atoms. The standard InChI is InChI=1S/C74H135NO3/c1-3-5-7-9-11-13-15-17-19-21-23-25-27-29-31-33-35-37-39-41-43-45-47-49-51-53-55-57-59-61-63-65-67-69-73(77)72(71-76)75-74(78)70-68-66-64-62-60-58-56-54-52-50-48-46-44-42-40-38-36-34-32-30-28-26-24-22-20-18-16-14-12-10-8-6-4-2/h6,8,12,14,18,20,24,26,30,32,36,38,42,44,72-73,76-77H,3-5,7,9-11,13,15-17,19,21-23,25,27-29,31,33-35,37,39-41,43,45-71H2,1-2H3,(H,75,78)/b8-6-,14-12-,20-18-,26-24-,32-30-,38-36-,44-42-. The monoisotopic (exact) mass is 1090 g/mol. The molecule has 454 valence electrons. The van der Waals surface area contributed by atoms with Crippen molar-refractivity contribution in [3.8, 4) is 0 Å². The van der Waals surface area contributed by atoms with Gasteiger partial charge in [-0.2, -0.15) is 0 Å². The van der Waals surface area contributed by atoms with Gasteiger partial charge in [0.05, 0.1) is 18.8 Å². The third kappa shape index (κ3) is 64.4. The molecule has 78 heavy (non-hydrogen) atoms. The fourth-order valence-electron chi connectivity index (χ4n) is 10.7. The normalized spacial score (nSPS) is 13.2. The smallest absolute Gasteiger partial charge is 0.220 e. The van der Waals surface area contributed by atoms with E-state index in [9.17, 15) is 15.0 Å². The molecule has 0 aromatic carbocycles. The molecule has 0 aromatic rings. The summed E-state index contributed by atoms with van der Waals surface area (Å²) in [6.07, 6.45) is 101. The number of aliphatic hydroxyl groups excluding tert-OH is 2. The lowest BCUT2D eigenvalue weighted by atomic mass is 10.0. The molecule has 2 unspecified atom stereocenters. The van der Waals surface area contributed by atoms with Crippen LogP contribution in [0.4, 0.5) is 0 Å². The van der Waals surface area contributed by atoms with Crippen LogP contribution in [0.2, 0.25) is 0 Å². The van der Waals surface area contributed by atoms with E-state index < -0.39 is 12.1 Å². The van der Waals surface area contributed by atoms with Crippen molar-refractivity contribution in [2.24, 2.45) is 0 Å². The maximum absolute atomic E-state index is 12.6. The molecule has 1 amide bonds. The van der Waals surface area contributed by atoms with Gasteiger partial charge in [-0.1, -0.05) is 369 Å². The third-order valence-corrected chi connectivity index (χ3v) is 15.9. The predicted molar refractivity (Wildman–Crippen MR) is 350 cm³/mol. The summed E-state index contributed by atoms with van der Waals surface area (Å²) in [4.78, 5) is 12.6. The van der Waals surface area contributed by atoms with Gasteiger partial charge in [-0.15, -0.1) is 0 Å². The molecule has 0 radical (unpaired) electrons. The van der Waals surface area contributed by atoms with E-state index in [1.807, 2.05) is 0 Å². The van der Waals surface area contributed by atoms with E-state index in [0.717, 1.165) is 70.6 Å². The first kappa shape index (κ1) is 75.6. The summed E-state index contributed by atoms with van der Waals surface area (Å²) in [5.74, 6) is -0.0327. The molecule has 0 fully saturated rings. The fourth-order valence-corrected chi connectivity index (χ4v) is 10.7. The van der Waals surface area contributed by atoms with Crippen molar-refractivity contribution in [1.29, 1.82) is 0 Å². The number of carbonyl (C=O) groups is 1. The second kappa shape index (κ2) is 68.8. The Labute approximate surface area is 488 Å². The van der Waals surface area contributed by atoms with Crippen LogP contribution in [0.5, 0.6) is 0 Å². The minimum Gasteiger partial charge on any atom is -0.394 e. The summed E-state index contributed by atoms with van der Waals surface area (Å²) in [6.45, 7) is 4.27. The van der Waals surface area contributed by atoms with E-state index in [1.54, 1.807) is 0 Å². The van der Waals surface area contributed by atoms with Crippen molar-refractivity contribution < 1.29 is 15.0 Å². The highest BCUT2D eigenvalue weighted by Crippen LogP contribution is 2.19. The number of nitrogens with one attached hydrogen (secondary N) is 1. The van der Waals surface area contributed by atoms with E-state index in [1.165, 1.54) is 263 Å². The van der Waals surface area contributed by atoms with Gasteiger partial charge in [-0.05, 0) is 70.6 Å². The van der Waals surface area contributed by atoms with Gasteiger partial charge in [-0.25, -0.2) is 0 Å². The van der Waals surface area contributed by atoms with Crippen molar-refractivity contribution in [3.05, 3.63) is 85.1 Å². The Morgan fingerprint density at radius 3 is 0.846 bits per heavy atom. The van der Waals surface area contributed by atoms with Crippen LogP contribution in [0.25, 0.3) is 0 Å². The number of aliphatic hydroxyl groups is 2. The van der Waals surface area contributed by atoms with E-state index in [2.05, 4.69) is 104 Å². The zero-order chi connectivity index (χ0) is 56.2. The molecule has 4 heteroatoms. The van der Waals surface area contributed by atoms with Crippen LogP contribution in [-0.2, 0) is 4.79 Å². The first-order valence-electron chi connectivity index (χ1n) is 34.8. The molecule has 0 bridgehead atoms. The molecule has 0 heterocycles. The average molecular weight is 1090 g/mol. The zero-order valence-electron chi connectivity index (χ0n) is 52.4. The summed E-state index contributed by atoms with van der Waals surface area (Å²) in [5, 5.41) is 23.5. The van der Waals surface area contributed by atoms with Crippen molar-refractivity contribution in [2.45, 2.75) is 373 Å². The van der Waals surface area contributed by atoms with E-state index >= 15 is 0 Å². The molecular weight excluding hydrogens is 951 g/mol. The van der Waals surface area contributed by atoms with E-state index in [4.69, 9.17) is 0 Å². The van der Waals surface area contributed by atoms with Crippen molar-refractivity contribution in [1.82, 2.24) is 5.32 Å². The number of rotatable bonds is 64. The highest BCUT2D eigenvalue weighted by Gasteiger charge is 2.20. The third-order valence-electron chi connectivity index (χ3n) is 15.9. The molecule has 0 aliphatic carbocycles. The second-order valence-electron chi connectivity index (χ2n) is 23.6. The molecule has 4 nitrogen and oxygen atoms in total. The lowest BCUT2D eigenvalue weighted by molar-refractivity contribution is -0.123. The van der Waals surface area contributed by atoms with Crippen LogP contribution in [-0.4, -0.2) is 34.9 Å². The van der Waals surface area contributed by atoms with E-state index in [0.29, 0.717) is 12.8 Å². The van der Waals surface area contributed by atoms with Crippen LogP contribution in [0, 0.1) is 0 Å². The largest absolute Gasteiger partial charge is 0.394 e. The molecule has 0 saturated carbocycles. The molecule has 0 aromatic heterocycles. The van der Waals surface area contributed by atoms with Gasteiger partial charge in [0.2, 0.25) is 5.91 Å². The van der Waals surface area contributed by atoms with Crippen LogP contribution < -0.4 is 5.32 Å². The Morgan fingerprint density at radius 1 is 0.321 bits per heavy atom. The quantitative estimate of drug-likeness (QED) is 0.0420. The van der Waals surface area contributed by atoms with Gasteiger partial charge in [0.15, 0.2) is 0 Å². The number of hydrogen-bond donors (Lipinski definition) is 3. The molecule has 0 saturated heterocycles. The lowest BCUT2D eigenvalue weighted by Crippen LogP contribution is -2.45. The lowest BCUT2D eigenvalue weighted by Gasteiger charge is -2.22. The number of unbranched alkanes of at least 4 members (excludes halogenated alkanes) is 43.